The molecular weight excluding hydrogens is 229 g/mol. The van der Waals surface area contributed by atoms with Crippen LogP contribution in [-0.4, -0.2) is 12.4 Å². The molecule has 0 aliphatic carbocycles. The molecule has 1 aromatic rings. The van der Waals surface area contributed by atoms with Gasteiger partial charge in [-0.1, -0.05) is 48.0 Å². The second-order valence-electron chi connectivity index (χ2n) is 3.57. The molecule has 82 valence electrons. The number of rotatable bonds is 5. The quantitative estimate of drug-likeness (QED) is 0.782. The van der Waals surface area contributed by atoms with Crippen molar-refractivity contribution >= 4 is 23.2 Å². The molecule has 1 nitrogen and oxygen atoms in total. The number of alkyl halides is 1. The van der Waals surface area contributed by atoms with E-state index < -0.39 is 0 Å². The lowest BCUT2D eigenvalue weighted by Crippen LogP contribution is -2.41. The molecule has 0 heterocycles. The molecule has 0 aliphatic heterocycles. The van der Waals surface area contributed by atoms with Crippen LogP contribution in [0.4, 0.5) is 0 Å². The minimum Gasteiger partial charge on any atom is -0.303 e. The standard InChI is InChI=1S/C12H15Cl2N/c1-12(10-14,15-9-5-8-13)11-6-3-2-4-7-11/h2-8,15H,9-10H2,1H3/b8-5+. The van der Waals surface area contributed by atoms with E-state index >= 15 is 0 Å². The Labute approximate surface area is 101 Å². The van der Waals surface area contributed by atoms with Gasteiger partial charge in [0.15, 0.2) is 0 Å². The number of halogens is 2. The molecule has 0 saturated carbocycles. The molecule has 0 amide bonds. The van der Waals surface area contributed by atoms with Gasteiger partial charge in [0.05, 0.1) is 5.54 Å². The van der Waals surface area contributed by atoms with Crippen LogP contribution < -0.4 is 5.32 Å². The average Bonchev–Trinajstić information content (AvgIpc) is 2.30. The van der Waals surface area contributed by atoms with Gasteiger partial charge in [-0.05, 0) is 12.5 Å². The third-order valence-corrected chi connectivity index (χ3v) is 3.09. The van der Waals surface area contributed by atoms with Crippen molar-refractivity contribution in [2.75, 3.05) is 12.4 Å². The van der Waals surface area contributed by atoms with E-state index in [2.05, 4.69) is 24.4 Å². The van der Waals surface area contributed by atoms with Crippen molar-refractivity contribution in [1.82, 2.24) is 5.32 Å². The number of nitrogens with one attached hydrogen (secondary N) is 1. The van der Waals surface area contributed by atoms with Gasteiger partial charge in [-0.3, -0.25) is 0 Å². The summed E-state index contributed by atoms with van der Waals surface area (Å²) >= 11 is 11.5. The molecule has 0 radical (unpaired) electrons. The van der Waals surface area contributed by atoms with Gasteiger partial charge in [-0.2, -0.15) is 0 Å². The van der Waals surface area contributed by atoms with E-state index in [-0.39, 0.29) is 5.54 Å². The van der Waals surface area contributed by atoms with Crippen LogP contribution in [0.5, 0.6) is 0 Å². The Kier molecular flexibility index (Phi) is 5.16. The van der Waals surface area contributed by atoms with E-state index in [4.69, 9.17) is 23.2 Å². The fraction of sp³-hybridized carbons (Fsp3) is 0.333. The first-order valence-electron chi connectivity index (χ1n) is 4.84. The first-order valence-corrected chi connectivity index (χ1v) is 5.82. The molecule has 0 spiro atoms. The van der Waals surface area contributed by atoms with Crippen LogP contribution in [0.2, 0.25) is 0 Å². The summed E-state index contributed by atoms with van der Waals surface area (Å²) < 4.78 is 0. The van der Waals surface area contributed by atoms with E-state index in [1.165, 1.54) is 11.1 Å². The summed E-state index contributed by atoms with van der Waals surface area (Å²) in [7, 11) is 0. The van der Waals surface area contributed by atoms with Crippen LogP contribution in [0.15, 0.2) is 41.9 Å². The highest BCUT2D eigenvalue weighted by molar-refractivity contribution is 6.25. The van der Waals surface area contributed by atoms with Crippen molar-refractivity contribution < 1.29 is 0 Å². The fourth-order valence-corrected chi connectivity index (χ4v) is 1.70. The van der Waals surface area contributed by atoms with Gasteiger partial charge in [0.1, 0.15) is 0 Å². The predicted molar refractivity (Wildman–Crippen MR) is 67.5 cm³/mol. The molecule has 1 N–H and O–H groups in total. The fourth-order valence-electron chi connectivity index (χ4n) is 1.36. The van der Waals surface area contributed by atoms with Crippen LogP contribution in [-0.2, 0) is 5.54 Å². The maximum absolute atomic E-state index is 6.00. The van der Waals surface area contributed by atoms with Crippen molar-refractivity contribution in [2.24, 2.45) is 0 Å². The van der Waals surface area contributed by atoms with Crippen molar-refractivity contribution in [1.29, 1.82) is 0 Å². The zero-order chi connectivity index (χ0) is 11.1. The lowest BCUT2D eigenvalue weighted by atomic mass is 9.94. The summed E-state index contributed by atoms with van der Waals surface area (Å²) in [5.41, 5.74) is 2.48. The van der Waals surface area contributed by atoms with Gasteiger partial charge in [0.2, 0.25) is 0 Å². The topological polar surface area (TPSA) is 12.0 Å². The third-order valence-electron chi connectivity index (χ3n) is 2.38. The molecule has 0 fully saturated rings. The molecule has 0 bridgehead atoms. The Morgan fingerprint density at radius 2 is 2.00 bits per heavy atom. The van der Waals surface area contributed by atoms with Crippen LogP contribution in [0.3, 0.4) is 0 Å². The van der Waals surface area contributed by atoms with Gasteiger partial charge < -0.3 is 5.32 Å². The Hall–Kier alpha value is -0.500. The van der Waals surface area contributed by atoms with Gasteiger partial charge in [0, 0.05) is 18.0 Å². The van der Waals surface area contributed by atoms with E-state index in [1.54, 1.807) is 0 Å². The molecule has 1 unspecified atom stereocenters. The second-order valence-corrected chi connectivity index (χ2v) is 4.09. The summed E-state index contributed by atoms with van der Waals surface area (Å²) in [6.07, 6.45) is 1.86. The van der Waals surface area contributed by atoms with Gasteiger partial charge in [0.25, 0.3) is 0 Å². The molecule has 15 heavy (non-hydrogen) atoms. The van der Waals surface area contributed by atoms with E-state index in [1.807, 2.05) is 24.3 Å². The van der Waals surface area contributed by atoms with Crippen LogP contribution in [0, 0.1) is 0 Å². The highest BCUT2D eigenvalue weighted by Crippen LogP contribution is 2.21. The van der Waals surface area contributed by atoms with Crippen molar-refractivity contribution in [3.63, 3.8) is 0 Å². The zero-order valence-electron chi connectivity index (χ0n) is 8.71. The first-order chi connectivity index (χ1) is 7.23. The Bertz CT molecular complexity index is 311. The molecule has 1 rings (SSSR count). The molecule has 0 saturated heterocycles. The number of hydrogen-bond donors (Lipinski definition) is 1. The monoisotopic (exact) mass is 243 g/mol. The third kappa shape index (κ3) is 3.53. The van der Waals surface area contributed by atoms with Crippen molar-refractivity contribution in [2.45, 2.75) is 12.5 Å². The maximum Gasteiger partial charge on any atom is 0.0545 e. The Morgan fingerprint density at radius 1 is 1.33 bits per heavy atom. The summed E-state index contributed by atoms with van der Waals surface area (Å²) in [5, 5.41) is 3.36. The summed E-state index contributed by atoms with van der Waals surface area (Å²) in [6.45, 7) is 2.79. The molecule has 1 aromatic carbocycles. The maximum atomic E-state index is 6.00. The summed E-state index contributed by atoms with van der Waals surface area (Å²) in [5.74, 6) is 0.521. The normalized spacial score (nSPS) is 15.4. The lowest BCUT2D eigenvalue weighted by Gasteiger charge is -2.28. The molecule has 3 heteroatoms. The van der Waals surface area contributed by atoms with E-state index in [0.717, 1.165) is 0 Å². The number of benzene rings is 1. The largest absolute Gasteiger partial charge is 0.303 e. The first kappa shape index (κ1) is 12.6. The molecule has 0 aliphatic rings. The van der Waals surface area contributed by atoms with Gasteiger partial charge in [-0.25, -0.2) is 0 Å². The van der Waals surface area contributed by atoms with E-state index in [0.29, 0.717) is 12.4 Å². The average molecular weight is 244 g/mol. The Morgan fingerprint density at radius 3 is 2.53 bits per heavy atom. The Balaban J connectivity index is 2.76. The van der Waals surface area contributed by atoms with Gasteiger partial charge in [-0.15, -0.1) is 11.6 Å². The van der Waals surface area contributed by atoms with Crippen molar-refractivity contribution in [3.8, 4) is 0 Å². The second kappa shape index (κ2) is 6.16. The van der Waals surface area contributed by atoms with Crippen LogP contribution in [0.1, 0.15) is 12.5 Å². The predicted octanol–water partition coefficient (Wildman–Crippen LogP) is 3.48. The van der Waals surface area contributed by atoms with Crippen molar-refractivity contribution in [3.05, 3.63) is 47.5 Å². The van der Waals surface area contributed by atoms with Gasteiger partial charge >= 0.3 is 0 Å². The molecule has 0 aromatic heterocycles. The zero-order valence-corrected chi connectivity index (χ0v) is 10.2. The highest BCUT2D eigenvalue weighted by atomic mass is 35.5. The number of hydrogen-bond acceptors (Lipinski definition) is 1. The minimum atomic E-state index is -0.209. The lowest BCUT2D eigenvalue weighted by molar-refractivity contribution is 0.431. The van der Waals surface area contributed by atoms with E-state index in [9.17, 15) is 0 Å². The summed E-state index contributed by atoms with van der Waals surface area (Å²) in [4.78, 5) is 0. The SMILES string of the molecule is CC(CCl)(NC/C=C/Cl)c1ccccc1. The van der Waals surface area contributed by atoms with Crippen LogP contribution >= 0.6 is 23.2 Å². The van der Waals surface area contributed by atoms with Crippen LogP contribution in [0.25, 0.3) is 0 Å². The summed E-state index contributed by atoms with van der Waals surface area (Å²) in [6, 6.07) is 10.2. The minimum absolute atomic E-state index is 0.209. The smallest absolute Gasteiger partial charge is 0.0545 e. The molecular formula is C12H15Cl2N. The molecule has 1 atom stereocenters. The highest BCUT2D eigenvalue weighted by Gasteiger charge is 2.23.